The molecule has 2 aromatic rings. The molecule has 0 radical (unpaired) electrons. The van der Waals surface area contributed by atoms with Crippen molar-refractivity contribution in [2.24, 2.45) is 0 Å². The number of hydrogen-bond donors (Lipinski definition) is 1. The molecule has 0 aliphatic carbocycles. The van der Waals surface area contributed by atoms with Gasteiger partial charge in [0.15, 0.2) is 5.11 Å². The van der Waals surface area contributed by atoms with E-state index in [9.17, 15) is 4.79 Å². The number of aryl methyl sites for hydroxylation is 1. The average Bonchev–Trinajstić information content (AvgIpc) is 3.01. The number of thiocarbonyl (C=S) groups is 1. The normalized spacial score (nSPS) is 10.1. The zero-order valence-electron chi connectivity index (χ0n) is 12.0. The first-order valence-electron chi connectivity index (χ1n) is 6.89. The fraction of sp³-hybridized carbons (Fsp3) is 0.250. The van der Waals surface area contributed by atoms with Gasteiger partial charge in [0, 0.05) is 38.1 Å². The highest BCUT2D eigenvalue weighted by Gasteiger charge is 2.10. The number of nitrogens with zero attached hydrogens (tertiary/aromatic N) is 2. The molecular weight excluding hydrogens is 282 g/mol. The van der Waals surface area contributed by atoms with E-state index in [1.165, 1.54) is 0 Å². The predicted molar refractivity (Wildman–Crippen MR) is 88.2 cm³/mol. The molecule has 0 spiro atoms. The zero-order valence-corrected chi connectivity index (χ0v) is 12.8. The van der Waals surface area contributed by atoms with E-state index < -0.39 is 0 Å². The molecule has 0 aliphatic rings. The molecule has 0 fully saturated rings. The highest BCUT2D eigenvalue weighted by Crippen LogP contribution is 2.00. The first kappa shape index (κ1) is 15.3. The molecule has 0 unspecified atom stereocenters. The lowest BCUT2D eigenvalue weighted by Gasteiger charge is -2.20. The van der Waals surface area contributed by atoms with Crippen LogP contribution in [0.15, 0.2) is 54.9 Å². The molecular formula is C16H19N3OS. The van der Waals surface area contributed by atoms with Crippen molar-refractivity contribution in [2.75, 3.05) is 13.6 Å². The Morgan fingerprint density at radius 2 is 1.86 bits per heavy atom. The van der Waals surface area contributed by atoms with Crippen molar-refractivity contribution in [1.82, 2.24) is 14.8 Å². The van der Waals surface area contributed by atoms with Gasteiger partial charge >= 0.3 is 0 Å². The summed E-state index contributed by atoms with van der Waals surface area (Å²) in [7, 11) is 1.89. The van der Waals surface area contributed by atoms with Crippen LogP contribution in [0.4, 0.5) is 0 Å². The maximum Gasteiger partial charge on any atom is 0.257 e. The van der Waals surface area contributed by atoms with E-state index in [-0.39, 0.29) is 5.91 Å². The molecule has 0 saturated carbocycles. The summed E-state index contributed by atoms with van der Waals surface area (Å²) in [5.74, 6) is -0.169. The Hall–Kier alpha value is -2.14. The standard InChI is InChI=1S/C16H19N3OS/c1-18(10-7-13-19-11-5-6-12-19)16(21)17-15(20)14-8-3-2-4-9-14/h2-6,8-9,11-12H,7,10,13H2,1H3,(H,17,20,21). The van der Waals surface area contributed by atoms with E-state index in [2.05, 4.69) is 9.88 Å². The summed E-state index contributed by atoms with van der Waals surface area (Å²) in [6.07, 6.45) is 5.04. The van der Waals surface area contributed by atoms with Gasteiger partial charge in [-0.15, -0.1) is 0 Å². The van der Waals surface area contributed by atoms with E-state index in [1.807, 2.05) is 54.7 Å². The Kier molecular flexibility index (Phi) is 5.51. The van der Waals surface area contributed by atoms with Gasteiger partial charge in [0.1, 0.15) is 0 Å². The smallest absolute Gasteiger partial charge is 0.257 e. The van der Waals surface area contributed by atoms with E-state index in [1.54, 1.807) is 12.1 Å². The Morgan fingerprint density at radius 3 is 2.52 bits per heavy atom. The Balaban J connectivity index is 1.76. The molecule has 1 amide bonds. The summed E-state index contributed by atoms with van der Waals surface area (Å²) in [5, 5.41) is 3.21. The largest absolute Gasteiger partial charge is 0.354 e. The van der Waals surface area contributed by atoms with Crippen LogP contribution < -0.4 is 5.32 Å². The number of carbonyl (C=O) groups excluding carboxylic acids is 1. The lowest BCUT2D eigenvalue weighted by Crippen LogP contribution is -2.41. The van der Waals surface area contributed by atoms with Crippen LogP contribution in [-0.2, 0) is 6.54 Å². The van der Waals surface area contributed by atoms with Crippen molar-refractivity contribution in [3.8, 4) is 0 Å². The number of benzene rings is 1. The summed E-state index contributed by atoms with van der Waals surface area (Å²) in [6.45, 7) is 1.73. The van der Waals surface area contributed by atoms with Gasteiger partial charge in [-0.2, -0.15) is 0 Å². The third kappa shape index (κ3) is 4.72. The molecule has 0 bridgehead atoms. The van der Waals surface area contributed by atoms with Crippen molar-refractivity contribution < 1.29 is 4.79 Å². The minimum absolute atomic E-state index is 0.169. The predicted octanol–water partition coefficient (Wildman–Crippen LogP) is 2.52. The minimum Gasteiger partial charge on any atom is -0.354 e. The lowest BCUT2D eigenvalue weighted by molar-refractivity contribution is 0.0974. The number of aromatic nitrogens is 1. The van der Waals surface area contributed by atoms with Crippen LogP contribution in [0, 0.1) is 0 Å². The molecule has 0 saturated heterocycles. The van der Waals surface area contributed by atoms with Crippen LogP contribution in [0.5, 0.6) is 0 Å². The van der Waals surface area contributed by atoms with E-state index >= 15 is 0 Å². The van der Waals surface area contributed by atoms with Crippen molar-refractivity contribution in [3.63, 3.8) is 0 Å². The van der Waals surface area contributed by atoms with E-state index in [0.29, 0.717) is 10.7 Å². The van der Waals surface area contributed by atoms with Crippen LogP contribution >= 0.6 is 12.2 Å². The van der Waals surface area contributed by atoms with Gasteiger partial charge in [0.25, 0.3) is 5.91 Å². The van der Waals surface area contributed by atoms with E-state index in [4.69, 9.17) is 12.2 Å². The minimum atomic E-state index is -0.169. The zero-order chi connectivity index (χ0) is 15.1. The Morgan fingerprint density at radius 1 is 1.19 bits per heavy atom. The van der Waals surface area contributed by atoms with Crippen LogP contribution in [0.3, 0.4) is 0 Å². The summed E-state index contributed by atoms with van der Waals surface area (Å²) < 4.78 is 2.12. The quantitative estimate of drug-likeness (QED) is 0.862. The highest BCUT2D eigenvalue weighted by atomic mass is 32.1. The third-order valence-corrected chi connectivity index (χ3v) is 3.59. The van der Waals surface area contributed by atoms with Crippen LogP contribution in [0.1, 0.15) is 16.8 Å². The molecule has 1 aromatic carbocycles. The van der Waals surface area contributed by atoms with Crippen molar-refractivity contribution >= 4 is 23.2 Å². The van der Waals surface area contributed by atoms with Crippen LogP contribution in [0.25, 0.3) is 0 Å². The van der Waals surface area contributed by atoms with Crippen LogP contribution in [0.2, 0.25) is 0 Å². The Bertz CT molecular complexity index is 581. The van der Waals surface area contributed by atoms with Crippen molar-refractivity contribution in [1.29, 1.82) is 0 Å². The van der Waals surface area contributed by atoms with Gasteiger partial charge in [0.05, 0.1) is 0 Å². The second kappa shape index (κ2) is 7.59. The molecule has 1 N–H and O–H groups in total. The molecule has 1 heterocycles. The molecule has 110 valence electrons. The second-order valence-electron chi connectivity index (χ2n) is 4.82. The topological polar surface area (TPSA) is 37.3 Å². The van der Waals surface area contributed by atoms with Crippen molar-refractivity contribution in [2.45, 2.75) is 13.0 Å². The molecule has 1 aromatic heterocycles. The fourth-order valence-corrected chi connectivity index (χ4v) is 2.15. The van der Waals surface area contributed by atoms with Gasteiger partial charge in [-0.25, -0.2) is 0 Å². The average molecular weight is 301 g/mol. The maximum atomic E-state index is 12.0. The van der Waals surface area contributed by atoms with Gasteiger partial charge < -0.3 is 9.47 Å². The van der Waals surface area contributed by atoms with Gasteiger partial charge in [0.2, 0.25) is 0 Å². The summed E-state index contributed by atoms with van der Waals surface area (Å²) in [6, 6.07) is 13.1. The summed E-state index contributed by atoms with van der Waals surface area (Å²) in [5.41, 5.74) is 0.612. The SMILES string of the molecule is CN(CCCn1cccc1)C(=S)NC(=O)c1ccccc1. The van der Waals surface area contributed by atoms with E-state index in [0.717, 1.165) is 19.5 Å². The van der Waals surface area contributed by atoms with Crippen LogP contribution in [-0.4, -0.2) is 34.1 Å². The van der Waals surface area contributed by atoms with Crippen molar-refractivity contribution in [3.05, 3.63) is 60.4 Å². The number of nitrogens with one attached hydrogen (secondary N) is 1. The molecule has 21 heavy (non-hydrogen) atoms. The number of rotatable bonds is 5. The van der Waals surface area contributed by atoms with Gasteiger partial charge in [-0.1, -0.05) is 18.2 Å². The second-order valence-corrected chi connectivity index (χ2v) is 5.21. The highest BCUT2D eigenvalue weighted by molar-refractivity contribution is 7.80. The molecule has 2 rings (SSSR count). The van der Waals surface area contributed by atoms with Gasteiger partial charge in [-0.3, -0.25) is 10.1 Å². The lowest BCUT2D eigenvalue weighted by atomic mass is 10.2. The summed E-state index contributed by atoms with van der Waals surface area (Å²) >= 11 is 5.25. The molecule has 5 heteroatoms. The monoisotopic (exact) mass is 301 g/mol. The Labute approximate surface area is 130 Å². The molecule has 0 atom stereocenters. The fourth-order valence-electron chi connectivity index (χ4n) is 1.97. The number of amides is 1. The number of hydrogen-bond acceptors (Lipinski definition) is 2. The van der Waals surface area contributed by atoms with Gasteiger partial charge in [-0.05, 0) is 42.9 Å². The third-order valence-electron chi connectivity index (χ3n) is 3.18. The number of carbonyl (C=O) groups is 1. The first-order chi connectivity index (χ1) is 10.2. The molecule has 0 aliphatic heterocycles. The first-order valence-corrected chi connectivity index (χ1v) is 7.30. The summed E-state index contributed by atoms with van der Waals surface area (Å²) in [4.78, 5) is 13.9. The molecule has 4 nitrogen and oxygen atoms in total. The maximum absolute atomic E-state index is 12.0.